The van der Waals surface area contributed by atoms with Crippen LogP contribution in [0.25, 0.3) is 0 Å². The summed E-state index contributed by atoms with van der Waals surface area (Å²) in [7, 11) is 0. The predicted molar refractivity (Wildman–Crippen MR) is 107 cm³/mol. The van der Waals surface area contributed by atoms with Gasteiger partial charge in [0.2, 0.25) is 0 Å². The van der Waals surface area contributed by atoms with Crippen LogP contribution in [-0.2, 0) is 4.74 Å². The molecule has 2 fully saturated rings. The van der Waals surface area contributed by atoms with Gasteiger partial charge in [0.1, 0.15) is 0 Å². The van der Waals surface area contributed by atoms with E-state index < -0.39 is 0 Å². The van der Waals surface area contributed by atoms with Gasteiger partial charge >= 0.3 is 0 Å². The Morgan fingerprint density at radius 1 is 1.00 bits per heavy atom. The van der Waals surface area contributed by atoms with Gasteiger partial charge in [-0.2, -0.15) is 5.10 Å². The number of ether oxygens (including phenoxy) is 1. The number of piperazine rings is 1. The Bertz CT molecular complexity index is 804. The first kappa shape index (κ1) is 18.2. The fourth-order valence-corrected chi connectivity index (χ4v) is 3.84. The lowest BCUT2D eigenvalue weighted by Gasteiger charge is -2.36. The van der Waals surface area contributed by atoms with Crippen LogP contribution in [0.5, 0.6) is 0 Å². The van der Waals surface area contributed by atoms with E-state index in [-0.39, 0.29) is 5.91 Å². The summed E-state index contributed by atoms with van der Waals surface area (Å²) in [6.45, 7) is 6.09. The van der Waals surface area contributed by atoms with Crippen molar-refractivity contribution in [1.82, 2.24) is 15.1 Å². The van der Waals surface area contributed by atoms with Crippen molar-refractivity contribution in [2.75, 3.05) is 62.3 Å². The first-order valence-corrected chi connectivity index (χ1v) is 9.95. The molecule has 0 radical (unpaired) electrons. The smallest absolute Gasteiger partial charge is 0.254 e. The number of halogens is 1. The molecule has 142 valence electrons. The van der Waals surface area contributed by atoms with Crippen LogP contribution in [0.15, 0.2) is 41.0 Å². The standard InChI is InChI=1S/C19H22BrN5O2/c20-16-3-1-2-15(12-16)19(26)25-6-4-23(5-7-25)17-13-18(22-21-14-17)24-8-10-27-11-9-24/h1-3,12-14H,4-11H2. The van der Waals surface area contributed by atoms with Crippen LogP contribution in [0, 0.1) is 0 Å². The van der Waals surface area contributed by atoms with Gasteiger partial charge < -0.3 is 19.4 Å². The van der Waals surface area contributed by atoms with E-state index in [1.807, 2.05) is 29.2 Å². The highest BCUT2D eigenvalue weighted by atomic mass is 79.9. The number of hydrogen-bond acceptors (Lipinski definition) is 6. The molecule has 8 heteroatoms. The molecule has 0 N–H and O–H groups in total. The van der Waals surface area contributed by atoms with E-state index in [1.54, 1.807) is 6.20 Å². The van der Waals surface area contributed by atoms with Gasteiger partial charge in [-0.15, -0.1) is 5.10 Å². The molecular weight excluding hydrogens is 410 g/mol. The van der Waals surface area contributed by atoms with E-state index in [0.717, 1.165) is 60.9 Å². The molecule has 1 aromatic heterocycles. The minimum Gasteiger partial charge on any atom is -0.378 e. The van der Waals surface area contributed by atoms with Crippen LogP contribution in [0.4, 0.5) is 11.5 Å². The number of carbonyl (C=O) groups is 1. The number of benzene rings is 1. The van der Waals surface area contributed by atoms with Gasteiger partial charge in [-0.05, 0) is 18.2 Å². The number of aromatic nitrogens is 2. The van der Waals surface area contributed by atoms with Gasteiger partial charge in [0.05, 0.1) is 25.1 Å². The Morgan fingerprint density at radius 2 is 1.78 bits per heavy atom. The Hall–Kier alpha value is -2.19. The summed E-state index contributed by atoms with van der Waals surface area (Å²) in [4.78, 5) is 19.1. The van der Waals surface area contributed by atoms with Gasteiger partial charge in [-0.1, -0.05) is 22.0 Å². The zero-order chi connectivity index (χ0) is 18.6. The Kier molecular flexibility index (Phi) is 5.54. The van der Waals surface area contributed by atoms with Crippen molar-refractivity contribution in [2.45, 2.75) is 0 Å². The SMILES string of the molecule is O=C(c1cccc(Br)c1)N1CCN(c2cnnc(N3CCOCC3)c2)CC1. The molecule has 0 bridgehead atoms. The maximum absolute atomic E-state index is 12.7. The van der Waals surface area contributed by atoms with Gasteiger partial charge in [0.25, 0.3) is 5.91 Å². The van der Waals surface area contributed by atoms with Crippen molar-refractivity contribution in [3.63, 3.8) is 0 Å². The molecule has 7 nitrogen and oxygen atoms in total. The predicted octanol–water partition coefficient (Wildman–Crippen LogP) is 2.04. The van der Waals surface area contributed by atoms with Crippen molar-refractivity contribution in [3.05, 3.63) is 46.6 Å². The highest BCUT2D eigenvalue weighted by Gasteiger charge is 2.23. The Balaban J connectivity index is 1.40. The summed E-state index contributed by atoms with van der Waals surface area (Å²) in [5.74, 6) is 0.973. The molecular formula is C19H22BrN5O2. The molecule has 1 amide bonds. The van der Waals surface area contributed by atoms with Crippen LogP contribution >= 0.6 is 15.9 Å². The third-order valence-corrected chi connectivity index (χ3v) is 5.46. The zero-order valence-electron chi connectivity index (χ0n) is 15.1. The number of morpholine rings is 1. The molecule has 27 heavy (non-hydrogen) atoms. The fourth-order valence-electron chi connectivity index (χ4n) is 3.44. The molecule has 0 spiro atoms. The molecule has 0 unspecified atom stereocenters. The molecule has 0 atom stereocenters. The largest absolute Gasteiger partial charge is 0.378 e. The van der Waals surface area contributed by atoms with E-state index in [9.17, 15) is 4.79 Å². The summed E-state index contributed by atoms with van der Waals surface area (Å²) in [5.41, 5.74) is 1.78. The maximum atomic E-state index is 12.7. The molecule has 2 aromatic rings. The fraction of sp³-hybridized carbons (Fsp3) is 0.421. The van der Waals surface area contributed by atoms with E-state index in [0.29, 0.717) is 13.1 Å². The number of rotatable bonds is 3. The molecule has 0 saturated carbocycles. The molecule has 2 aliphatic heterocycles. The molecule has 1 aromatic carbocycles. The first-order chi connectivity index (χ1) is 13.2. The number of carbonyl (C=O) groups excluding carboxylic acids is 1. The zero-order valence-corrected chi connectivity index (χ0v) is 16.6. The number of nitrogens with zero attached hydrogens (tertiary/aromatic N) is 5. The van der Waals surface area contributed by atoms with Gasteiger partial charge in [0.15, 0.2) is 5.82 Å². The topological polar surface area (TPSA) is 61.8 Å². The van der Waals surface area contributed by atoms with Gasteiger partial charge in [-0.25, -0.2) is 0 Å². The van der Waals surface area contributed by atoms with E-state index in [2.05, 4.69) is 42.0 Å². The van der Waals surface area contributed by atoms with Crippen LogP contribution in [0.3, 0.4) is 0 Å². The van der Waals surface area contributed by atoms with E-state index in [4.69, 9.17) is 4.74 Å². The average Bonchev–Trinajstić information content (AvgIpc) is 2.74. The second-order valence-corrected chi connectivity index (χ2v) is 7.58. The van der Waals surface area contributed by atoms with Crippen LogP contribution < -0.4 is 9.80 Å². The van der Waals surface area contributed by atoms with Crippen molar-refractivity contribution >= 4 is 33.3 Å². The maximum Gasteiger partial charge on any atom is 0.254 e. The third kappa shape index (κ3) is 4.22. The van der Waals surface area contributed by atoms with Crippen molar-refractivity contribution in [2.24, 2.45) is 0 Å². The van der Waals surface area contributed by atoms with E-state index in [1.165, 1.54) is 0 Å². The molecule has 2 saturated heterocycles. The summed E-state index contributed by atoms with van der Waals surface area (Å²) in [6.07, 6.45) is 1.80. The van der Waals surface area contributed by atoms with Crippen molar-refractivity contribution < 1.29 is 9.53 Å². The highest BCUT2D eigenvalue weighted by molar-refractivity contribution is 9.10. The second kappa shape index (κ2) is 8.22. The van der Waals surface area contributed by atoms with Crippen molar-refractivity contribution in [3.8, 4) is 0 Å². The minimum atomic E-state index is 0.0813. The Labute approximate surface area is 167 Å². The molecule has 4 rings (SSSR count). The number of anilines is 2. The summed E-state index contributed by atoms with van der Waals surface area (Å²) < 4.78 is 6.33. The monoisotopic (exact) mass is 431 g/mol. The summed E-state index contributed by atoms with van der Waals surface area (Å²) >= 11 is 3.43. The average molecular weight is 432 g/mol. The quantitative estimate of drug-likeness (QED) is 0.740. The van der Waals surface area contributed by atoms with Gasteiger partial charge in [-0.3, -0.25) is 4.79 Å². The van der Waals surface area contributed by atoms with Crippen LogP contribution in [0.2, 0.25) is 0 Å². The molecule has 2 aliphatic rings. The lowest BCUT2D eigenvalue weighted by atomic mass is 10.2. The normalized spacial score (nSPS) is 17.9. The third-order valence-electron chi connectivity index (χ3n) is 4.97. The first-order valence-electron chi connectivity index (χ1n) is 9.16. The minimum absolute atomic E-state index is 0.0813. The molecule has 3 heterocycles. The molecule has 0 aliphatic carbocycles. The van der Waals surface area contributed by atoms with Gasteiger partial charge in [0, 0.05) is 55.4 Å². The van der Waals surface area contributed by atoms with Crippen LogP contribution in [-0.4, -0.2) is 73.5 Å². The Morgan fingerprint density at radius 3 is 2.52 bits per heavy atom. The van der Waals surface area contributed by atoms with Crippen molar-refractivity contribution in [1.29, 1.82) is 0 Å². The summed E-state index contributed by atoms with van der Waals surface area (Å²) in [5, 5.41) is 8.46. The number of hydrogen-bond donors (Lipinski definition) is 0. The lowest BCUT2D eigenvalue weighted by molar-refractivity contribution is 0.0746. The lowest BCUT2D eigenvalue weighted by Crippen LogP contribution is -2.49. The van der Waals surface area contributed by atoms with E-state index >= 15 is 0 Å². The number of amides is 1. The van der Waals surface area contributed by atoms with Crippen LogP contribution in [0.1, 0.15) is 10.4 Å². The second-order valence-electron chi connectivity index (χ2n) is 6.66. The summed E-state index contributed by atoms with van der Waals surface area (Å²) in [6, 6.07) is 9.64. The highest BCUT2D eigenvalue weighted by Crippen LogP contribution is 2.22.